The summed E-state index contributed by atoms with van der Waals surface area (Å²) in [6.45, 7) is 5.74. The van der Waals surface area contributed by atoms with E-state index in [0.717, 1.165) is 51.2 Å². The molecule has 0 radical (unpaired) electrons. The second-order valence-corrected chi connectivity index (χ2v) is 6.35. The lowest BCUT2D eigenvalue weighted by molar-refractivity contribution is 0.0315. The molecular formula is C18H26N2O3. The maximum Gasteiger partial charge on any atom is 0.253 e. The number of ether oxygens (including phenoxy) is 1. The standard InChI is InChI=1S/C18H26N2O3/c1-2-23-15-8-6-14(7-9-15)18(22)20-12-10-19(11-13-20)16-4-3-5-17(16)21/h6-9,16-17,21H,2-5,10-13H2,1H3/t16-,17+/m0/s1. The third-order valence-corrected chi connectivity index (χ3v) is 4.93. The molecule has 1 saturated carbocycles. The highest BCUT2D eigenvalue weighted by atomic mass is 16.5. The Kier molecular flexibility index (Phi) is 5.18. The predicted molar refractivity (Wildman–Crippen MR) is 88.7 cm³/mol. The third-order valence-electron chi connectivity index (χ3n) is 4.93. The Morgan fingerprint density at radius 3 is 2.43 bits per heavy atom. The van der Waals surface area contributed by atoms with Gasteiger partial charge in [-0.05, 0) is 50.5 Å². The van der Waals surface area contributed by atoms with Crippen LogP contribution in [0.4, 0.5) is 0 Å². The lowest BCUT2D eigenvalue weighted by Gasteiger charge is -2.39. The van der Waals surface area contributed by atoms with Crippen LogP contribution >= 0.6 is 0 Å². The van der Waals surface area contributed by atoms with Crippen molar-refractivity contribution in [2.24, 2.45) is 0 Å². The lowest BCUT2D eigenvalue weighted by atomic mass is 10.1. The van der Waals surface area contributed by atoms with Crippen LogP contribution in [0.2, 0.25) is 0 Å². The molecular weight excluding hydrogens is 292 g/mol. The molecule has 1 aliphatic heterocycles. The van der Waals surface area contributed by atoms with Gasteiger partial charge in [-0.1, -0.05) is 0 Å². The first-order valence-electron chi connectivity index (χ1n) is 8.63. The van der Waals surface area contributed by atoms with Crippen LogP contribution in [0, 0.1) is 0 Å². The summed E-state index contributed by atoms with van der Waals surface area (Å²) in [6, 6.07) is 7.66. The van der Waals surface area contributed by atoms with Crippen LogP contribution < -0.4 is 4.74 Å². The molecule has 5 heteroatoms. The normalized spacial score (nSPS) is 25.6. The van der Waals surface area contributed by atoms with Gasteiger partial charge in [-0.3, -0.25) is 9.69 Å². The minimum Gasteiger partial charge on any atom is -0.494 e. The SMILES string of the molecule is CCOc1ccc(C(=O)N2CCN([C@H]3CCC[C@H]3O)CC2)cc1. The van der Waals surface area contributed by atoms with Crippen LogP contribution in [0.15, 0.2) is 24.3 Å². The summed E-state index contributed by atoms with van der Waals surface area (Å²) in [7, 11) is 0. The number of rotatable bonds is 4. The zero-order valence-electron chi connectivity index (χ0n) is 13.8. The first kappa shape index (κ1) is 16.3. The number of hydrogen-bond donors (Lipinski definition) is 1. The molecule has 23 heavy (non-hydrogen) atoms. The lowest BCUT2D eigenvalue weighted by Crippen LogP contribution is -2.53. The molecule has 1 aromatic carbocycles. The highest BCUT2D eigenvalue weighted by Crippen LogP contribution is 2.25. The molecule has 1 N–H and O–H groups in total. The van der Waals surface area contributed by atoms with E-state index in [1.807, 2.05) is 36.1 Å². The average Bonchev–Trinajstić information content (AvgIpc) is 3.01. The maximum atomic E-state index is 12.6. The Bertz CT molecular complexity index is 524. The summed E-state index contributed by atoms with van der Waals surface area (Å²) in [5, 5.41) is 10.0. The van der Waals surface area contributed by atoms with Gasteiger partial charge in [0.15, 0.2) is 0 Å². The number of amides is 1. The van der Waals surface area contributed by atoms with E-state index in [4.69, 9.17) is 4.74 Å². The van der Waals surface area contributed by atoms with Crippen LogP contribution in [0.3, 0.4) is 0 Å². The molecule has 2 atom stereocenters. The molecule has 0 spiro atoms. The number of benzene rings is 1. The van der Waals surface area contributed by atoms with E-state index in [1.165, 1.54) is 0 Å². The van der Waals surface area contributed by atoms with Gasteiger partial charge < -0.3 is 14.7 Å². The maximum absolute atomic E-state index is 12.6. The predicted octanol–water partition coefficient (Wildman–Crippen LogP) is 1.76. The zero-order valence-corrected chi connectivity index (χ0v) is 13.8. The van der Waals surface area contributed by atoms with Crippen molar-refractivity contribution in [3.8, 4) is 5.75 Å². The van der Waals surface area contributed by atoms with Crippen LogP contribution in [-0.4, -0.2) is 65.7 Å². The number of carbonyl (C=O) groups is 1. The number of carbonyl (C=O) groups excluding carboxylic acids is 1. The molecule has 1 amide bonds. The number of piperazine rings is 1. The first-order chi connectivity index (χ1) is 11.2. The van der Waals surface area contributed by atoms with Crippen molar-refractivity contribution < 1.29 is 14.6 Å². The second-order valence-electron chi connectivity index (χ2n) is 6.35. The fraction of sp³-hybridized carbons (Fsp3) is 0.611. The van der Waals surface area contributed by atoms with Gasteiger partial charge in [0.05, 0.1) is 12.7 Å². The summed E-state index contributed by atoms with van der Waals surface area (Å²) < 4.78 is 5.41. The fourth-order valence-corrected chi connectivity index (χ4v) is 3.65. The molecule has 2 aliphatic rings. The monoisotopic (exact) mass is 318 g/mol. The van der Waals surface area contributed by atoms with Crippen LogP contribution in [0.1, 0.15) is 36.5 Å². The van der Waals surface area contributed by atoms with Crippen molar-refractivity contribution >= 4 is 5.91 Å². The van der Waals surface area contributed by atoms with E-state index in [1.54, 1.807) is 0 Å². The number of aliphatic hydroxyl groups excluding tert-OH is 1. The van der Waals surface area contributed by atoms with Gasteiger partial charge in [0.1, 0.15) is 5.75 Å². The Morgan fingerprint density at radius 2 is 1.87 bits per heavy atom. The van der Waals surface area contributed by atoms with Crippen LogP contribution in [0.5, 0.6) is 5.75 Å². The average molecular weight is 318 g/mol. The van der Waals surface area contributed by atoms with Crippen LogP contribution in [0.25, 0.3) is 0 Å². The molecule has 0 aromatic heterocycles. The molecule has 3 rings (SSSR count). The van der Waals surface area contributed by atoms with Gasteiger partial charge in [0.2, 0.25) is 0 Å². The van der Waals surface area contributed by atoms with Crippen molar-refractivity contribution in [1.82, 2.24) is 9.80 Å². The molecule has 1 aromatic rings. The Labute approximate surface area is 137 Å². The molecule has 126 valence electrons. The number of nitrogens with zero attached hydrogens (tertiary/aromatic N) is 2. The first-order valence-corrected chi connectivity index (χ1v) is 8.63. The summed E-state index contributed by atoms with van der Waals surface area (Å²) in [4.78, 5) is 16.8. The third kappa shape index (κ3) is 3.67. The molecule has 1 aliphatic carbocycles. The van der Waals surface area contributed by atoms with E-state index in [0.29, 0.717) is 12.2 Å². The van der Waals surface area contributed by atoms with Crippen molar-refractivity contribution in [3.63, 3.8) is 0 Å². The van der Waals surface area contributed by atoms with Crippen molar-refractivity contribution in [1.29, 1.82) is 0 Å². The molecule has 1 saturated heterocycles. The highest BCUT2D eigenvalue weighted by molar-refractivity contribution is 5.94. The van der Waals surface area contributed by atoms with Gasteiger partial charge in [0.25, 0.3) is 5.91 Å². The summed E-state index contributed by atoms with van der Waals surface area (Å²) in [5.74, 6) is 0.878. The van der Waals surface area contributed by atoms with E-state index in [2.05, 4.69) is 4.90 Å². The summed E-state index contributed by atoms with van der Waals surface area (Å²) in [5.41, 5.74) is 0.711. The second kappa shape index (κ2) is 7.32. The molecule has 2 fully saturated rings. The topological polar surface area (TPSA) is 53.0 Å². The molecule has 0 unspecified atom stereocenters. The van der Waals surface area contributed by atoms with Gasteiger partial charge in [-0.15, -0.1) is 0 Å². The van der Waals surface area contributed by atoms with E-state index < -0.39 is 0 Å². The van der Waals surface area contributed by atoms with Gasteiger partial charge in [0, 0.05) is 37.8 Å². The minimum absolute atomic E-state index is 0.0830. The van der Waals surface area contributed by atoms with Crippen molar-refractivity contribution in [2.75, 3.05) is 32.8 Å². The zero-order chi connectivity index (χ0) is 16.2. The molecule has 0 bridgehead atoms. The summed E-state index contributed by atoms with van der Waals surface area (Å²) >= 11 is 0. The summed E-state index contributed by atoms with van der Waals surface area (Å²) in [6.07, 6.45) is 2.91. The molecule has 1 heterocycles. The number of hydrogen-bond acceptors (Lipinski definition) is 4. The van der Waals surface area contributed by atoms with Crippen molar-refractivity contribution in [3.05, 3.63) is 29.8 Å². The highest BCUT2D eigenvalue weighted by Gasteiger charge is 2.33. The smallest absolute Gasteiger partial charge is 0.253 e. The van der Waals surface area contributed by atoms with Crippen molar-refractivity contribution in [2.45, 2.75) is 38.3 Å². The molecule has 5 nitrogen and oxygen atoms in total. The Balaban J connectivity index is 1.55. The quantitative estimate of drug-likeness (QED) is 0.919. The van der Waals surface area contributed by atoms with Crippen LogP contribution in [-0.2, 0) is 0 Å². The van der Waals surface area contributed by atoms with Gasteiger partial charge in [-0.2, -0.15) is 0 Å². The Hall–Kier alpha value is -1.59. The van der Waals surface area contributed by atoms with Gasteiger partial charge >= 0.3 is 0 Å². The largest absolute Gasteiger partial charge is 0.494 e. The fourth-order valence-electron chi connectivity index (χ4n) is 3.65. The Morgan fingerprint density at radius 1 is 1.17 bits per heavy atom. The van der Waals surface area contributed by atoms with E-state index in [-0.39, 0.29) is 18.1 Å². The van der Waals surface area contributed by atoms with Gasteiger partial charge in [-0.25, -0.2) is 0 Å². The van der Waals surface area contributed by atoms with E-state index >= 15 is 0 Å². The van der Waals surface area contributed by atoms with E-state index in [9.17, 15) is 9.90 Å². The minimum atomic E-state index is -0.191. The number of aliphatic hydroxyl groups is 1.